The molecule has 0 bridgehead atoms. The minimum absolute atomic E-state index is 1.40. The van der Waals surface area contributed by atoms with Crippen LogP contribution in [0.1, 0.15) is 0 Å². The Bertz CT molecular complexity index is 70.1. The predicted octanol–water partition coefficient (Wildman–Crippen LogP) is 0.309. The Balaban J connectivity index is 2.92. The second-order valence-electron chi connectivity index (χ2n) is 0.790. The van der Waals surface area contributed by atoms with Crippen LogP contribution >= 0.6 is 0 Å². The van der Waals surface area contributed by atoms with Crippen molar-refractivity contribution in [3.8, 4) is 0 Å². The molecule has 0 aromatic rings. The summed E-state index contributed by atoms with van der Waals surface area (Å²) in [5, 5.41) is 0. The summed E-state index contributed by atoms with van der Waals surface area (Å²) in [6.07, 6.45) is 2.84. The molecular weight excluding hydrogens is 92.1 g/mol. The highest BCUT2D eigenvalue weighted by Crippen LogP contribution is 1.68. The van der Waals surface area contributed by atoms with Crippen molar-refractivity contribution in [2.45, 2.75) is 0 Å². The van der Waals surface area contributed by atoms with Crippen LogP contribution in [0.4, 0.5) is 0 Å². The number of aliphatic imine (C=N–C) groups is 1. The van der Waals surface area contributed by atoms with Crippen LogP contribution in [-0.2, 0) is 4.84 Å². The molecule has 0 radical (unpaired) electrons. The molecule has 0 saturated carbocycles. The van der Waals surface area contributed by atoms with E-state index in [2.05, 4.69) is 22.0 Å². The first-order valence-electron chi connectivity index (χ1n) is 1.85. The van der Waals surface area contributed by atoms with Crippen molar-refractivity contribution in [2.24, 2.45) is 4.99 Å². The van der Waals surface area contributed by atoms with E-state index in [1.165, 1.54) is 12.5 Å². The largest absolute Gasteiger partial charge is 0.415 e. The summed E-state index contributed by atoms with van der Waals surface area (Å²) in [6, 6.07) is 0. The topological polar surface area (TPSA) is 33.6 Å². The molecule has 3 nitrogen and oxygen atoms in total. The fourth-order valence-electron chi connectivity index (χ4n) is 0.142. The molecule has 0 amide bonds. The van der Waals surface area contributed by atoms with Gasteiger partial charge >= 0.3 is 0 Å². The van der Waals surface area contributed by atoms with E-state index in [4.69, 9.17) is 0 Å². The molecule has 0 rings (SSSR count). The molecule has 0 aromatic carbocycles. The number of nitrogens with one attached hydrogen (secondary N) is 1. The van der Waals surface area contributed by atoms with Gasteiger partial charge in [-0.25, -0.2) is 0 Å². The summed E-state index contributed by atoms with van der Waals surface area (Å²) in [7, 11) is 1.66. The second kappa shape index (κ2) is 5.17. The first kappa shape index (κ1) is 6.17. The van der Waals surface area contributed by atoms with E-state index < -0.39 is 0 Å². The van der Waals surface area contributed by atoms with E-state index in [1.807, 2.05) is 0 Å². The number of hydrogen-bond donors (Lipinski definition) is 1. The molecule has 0 unspecified atom stereocenters. The van der Waals surface area contributed by atoms with Crippen LogP contribution in [0.5, 0.6) is 0 Å². The van der Waals surface area contributed by atoms with Crippen LogP contribution < -0.4 is 5.48 Å². The maximum Gasteiger partial charge on any atom is 0.129 e. The fourth-order valence-corrected chi connectivity index (χ4v) is 0.142. The Morgan fingerprint density at radius 2 is 2.57 bits per heavy atom. The zero-order chi connectivity index (χ0) is 5.54. The molecule has 3 heteroatoms. The molecule has 0 aliphatic heterocycles. The van der Waals surface area contributed by atoms with Gasteiger partial charge in [-0.05, 0) is 6.72 Å². The van der Waals surface area contributed by atoms with E-state index in [0.717, 1.165) is 0 Å². The molecule has 0 aliphatic carbocycles. The average Bonchev–Trinajstić information content (AvgIpc) is 1.69. The SMILES string of the molecule is C=N/C=C\ONC. The van der Waals surface area contributed by atoms with Crippen LogP contribution in [0.2, 0.25) is 0 Å². The Hall–Kier alpha value is -0.830. The molecule has 0 fully saturated rings. The average molecular weight is 100 g/mol. The number of rotatable bonds is 3. The van der Waals surface area contributed by atoms with Crippen molar-refractivity contribution in [3.05, 3.63) is 12.5 Å². The quantitative estimate of drug-likeness (QED) is 0.314. The zero-order valence-electron chi connectivity index (χ0n) is 4.22. The van der Waals surface area contributed by atoms with Gasteiger partial charge in [-0.3, -0.25) is 4.99 Å². The molecule has 0 saturated heterocycles. The molecule has 1 N–H and O–H groups in total. The van der Waals surface area contributed by atoms with Crippen molar-refractivity contribution in [2.75, 3.05) is 7.05 Å². The smallest absolute Gasteiger partial charge is 0.129 e. The van der Waals surface area contributed by atoms with Crippen LogP contribution in [0.25, 0.3) is 0 Å². The third-order valence-corrected chi connectivity index (χ3v) is 0.352. The molecule has 0 aliphatic rings. The Kier molecular flexibility index (Phi) is 4.56. The number of hydroxylamine groups is 1. The third-order valence-electron chi connectivity index (χ3n) is 0.352. The predicted molar refractivity (Wildman–Crippen MR) is 28.8 cm³/mol. The molecule has 0 aromatic heterocycles. The standard InChI is InChI=1S/C4H8N2O/c1-5-3-4-7-6-2/h3-4,6H,1H2,2H3/b4-3-. The zero-order valence-corrected chi connectivity index (χ0v) is 4.22. The minimum Gasteiger partial charge on any atom is -0.415 e. The summed E-state index contributed by atoms with van der Waals surface area (Å²) in [5.74, 6) is 0. The molecule has 7 heavy (non-hydrogen) atoms. The fraction of sp³-hybridized carbons (Fsp3) is 0.250. The van der Waals surface area contributed by atoms with E-state index in [0.29, 0.717) is 0 Å². The van der Waals surface area contributed by atoms with Gasteiger partial charge < -0.3 is 4.84 Å². The molecule has 0 atom stereocenters. The van der Waals surface area contributed by atoms with Gasteiger partial charge in [-0.15, -0.1) is 0 Å². The highest BCUT2D eigenvalue weighted by atomic mass is 16.6. The van der Waals surface area contributed by atoms with Gasteiger partial charge in [0, 0.05) is 7.05 Å². The Morgan fingerprint density at radius 1 is 1.86 bits per heavy atom. The van der Waals surface area contributed by atoms with Crippen LogP contribution in [-0.4, -0.2) is 13.8 Å². The maximum absolute atomic E-state index is 4.51. The number of hydrogen-bond acceptors (Lipinski definition) is 3. The van der Waals surface area contributed by atoms with E-state index in [-0.39, 0.29) is 0 Å². The van der Waals surface area contributed by atoms with Crippen LogP contribution in [0.3, 0.4) is 0 Å². The third kappa shape index (κ3) is 5.17. The first-order valence-corrected chi connectivity index (χ1v) is 1.85. The van der Waals surface area contributed by atoms with Gasteiger partial charge in [-0.1, -0.05) is 0 Å². The van der Waals surface area contributed by atoms with Crippen LogP contribution in [0.15, 0.2) is 17.5 Å². The van der Waals surface area contributed by atoms with Gasteiger partial charge in [-0.2, -0.15) is 5.48 Å². The highest BCUT2D eigenvalue weighted by Gasteiger charge is 1.60. The van der Waals surface area contributed by atoms with Crippen LogP contribution in [0, 0.1) is 0 Å². The van der Waals surface area contributed by atoms with Crippen molar-refractivity contribution in [1.29, 1.82) is 0 Å². The Labute approximate surface area is 42.7 Å². The van der Waals surface area contributed by atoms with Crippen molar-refractivity contribution >= 4 is 6.72 Å². The second-order valence-corrected chi connectivity index (χ2v) is 0.790. The van der Waals surface area contributed by atoms with E-state index in [9.17, 15) is 0 Å². The highest BCUT2D eigenvalue weighted by molar-refractivity contribution is 5.25. The molecule has 40 valence electrons. The lowest BCUT2D eigenvalue weighted by atomic mass is 11.0. The lowest BCUT2D eigenvalue weighted by Crippen LogP contribution is -1.99. The van der Waals surface area contributed by atoms with Gasteiger partial charge in [0.2, 0.25) is 0 Å². The molecule has 0 spiro atoms. The monoisotopic (exact) mass is 100 g/mol. The summed E-state index contributed by atoms with van der Waals surface area (Å²) in [5.41, 5.74) is 2.43. The van der Waals surface area contributed by atoms with E-state index in [1.54, 1.807) is 7.05 Å². The first-order chi connectivity index (χ1) is 3.41. The maximum atomic E-state index is 4.51. The lowest BCUT2D eigenvalue weighted by Gasteiger charge is -1.88. The van der Waals surface area contributed by atoms with Crippen molar-refractivity contribution < 1.29 is 4.84 Å². The summed E-state index contributed by atoms with van der Waals surface area (Å²) in [6.45, 7) is 3.19. The molecule has 0 heterocycles. The number of nitrogens with zero attached hydrogens (tertiary/aromatic N) is 1. The summed E-state index contributed by atoms with van der Waals surface area (Å²) < 4.78 is 0. The lowest BCUT2D eigenvalue weighted by molar-refractivity contribution is 0.158. The van der Waals surface area contributed by atoms with Gasteiger partial charge in [0.25, 0.3) is 0 Å². The summed E-state index contributed by atoms with van der Waals surface area (Å²) >= 11 is 0. The minimum atomic E-state index is 1.40. The Morgan fingerprint density at radius 3 is 3.00 bits per heavy atom. The van der Waals surface area contributed by atoms with Crippen molar-refractivity contribution in [3.63, 3.8) is 0 Å². The van der Waals surface area contributed by atoms with Gasteiger partial charge in [0.05, 0.1) is 6.20 Å². The normalized spacial score (nSPS) is 9.29. The van der Waals surface area contributed by atoms with Gasteiger partial charge in [0.15, 0.2) is 0 Å². The van der Waals surface area contributed by atoms with E-state index >= 15 is 0 Å². The molecular formula is C4H8N2O. The van der Waals surface area contributed by atoms with Gasteiger partial charge in [0.1, 0.15) is 6.26 Å². The van der Waals surface area contributed by atoms with Crippen molar-refractivity contribution in [1.82, 2.24) is 5.48 Å². The summed E-state index contributed by atoms with van der Waals surface area (Å²) in [4.78, 5) is 7.89.